The zero-order valence-electron chi connectivity index (χ0n) is 16.0. The number of thiophene rings is 1. The highest BCUT2D eigenvalue weighted by atomic mass is 32.1. The third-order valence-electron chi connectivity index (χ3n) is 4.80. The Kier molecular flexibility index (Phi) is 5.34. The summed E-state index contributed by atoms with van der Waals surface area (Å²) < 4.78 is 43.1. The molecule has 0 aliphatic carbocycles. The van der Waals surface area contributed by atoms with Gasteiger partial charge in [-0.15, -0.1) is 11.3 Å². The van der Waals surface area contributed by atoms with Crippen molar-refractivity contribution in [2.45, 2.75) is 19.5 Å². The first-order chi connectivity index (χ1) is 14.3. The Bertz CT molecular complexity index is 1190. The van der Waals surface area contributed by atoms with E-state index in [0.29, 0.717) is 6.42 Å². The Morgan fingerprint density at radius 1 is 1.13 bits per heavy atom. The number of hydrogen-bond acceptors (Lipinski definition) is 3. The van der Waals surface area contributed by atoms with E-state index in [0.717, 1.165) is 32.1 Å². The Hall–Kier alpha value is -3.13. The second-order valence-corrected chi connectivity index (χ2v) is 7.83. The Labute approximate surface area is 175 Å². The molecule has 0 aliphatic heterocycles. The molecule has 4 rings (SSSR count). The minimum Gasteiger partial charge on any atom is -0.352 e. The van der Waals surface area contributed by atoms with Crippen LogP contribution in [0.4, 0.5) is 13.2 Å². The van der Waals surface area contributed by atoms with E-state index < -0.39 is 23.3 Å². The molecule has 4 nitrogen and oxygen atoms in total. The molecule has 0 bridgehead atoms. The van der Waals surface area contributed by atoms with Crippen LogP contribution in [-0.2, 0) is 12.6 Å². The standard InChI is InChI=1S/C22H18F3N3OS/c1-14-6-8-16(9-7-14)28-20(22(23,24)25)18(12-27-28)21(29)26-11-10-15-13-30-19-5-3-2-4-17(15)19/h2-9,12-13H,10-11H2,1H3,(H,26,29). The van der Waals surface area contributed by atoms with Crippen LogP contribution in [0.25, 0.3) is 15.8 Å². The van der Waals surface area contributed by atoms with E-state index in [-0.39, 0.29) is 12.2 Å². The van der Waals surface area contributed by atoms with Crippen LogP contribution >= 0.6 is 11.3 Å². The molecule has 0 atom stereocenters. The molecule has 1 N–H and O–H groups in total. The molecule has 30 heavy (non-hydrogen) atoms. The van der Waals surface area contributed by atoms with Crippen LogP contribution in [0, 0.1) is 6.92 Å². The second-order valence-electron chi connectivity index (χ2n) is 6.91. The molecule has 8 heteroatoms. The first-order valence-corrected chi connectivity index (χ1v) is 10.2. The van der Waals surface area contributed by atoms with Gasteiger partial charge in [0.05, 0.1) is 17.4 Å². The van der Waals surface area contributed by atoms with Crippen molar-refractivity contribution in [2.24, 2.45) is 0 Å². The smallest absolute Gasteiger partial charge is 0.352 e. The number of carbonyl (C=O) groups is 1. The van der Waals surface area contributed by atoms with Gasteiger partial charge in [0, 0.05) is 11.2 Å². The van der Waals surface area contributed by atoms with E-state index in [1.54, 1.807) is 35.6 Å². The van der Waals surface area contributed by atoms with Crippen LogP contribution in [0.15, 0.2) is 60.1 Å². The van der Waals surface area contributed by atoms with Crippen molar-refractivity contribution in [3.05, 3.63) is 82.5 Å². The number of aryl methyl sites for hydroxylation is 1. The zero-order valence-corrected chi connectivity index (χ0v) is 16.8. The third-order valence-corrected chi connectivity index (χ3v) is 5.81. The molecule has 2 heterocycles. The van der Waals surface area contributed by atoms with Gasteiger partial charge in [-0.05, 0) is 47.9 Å². The molecule has 2 aromatic heterocycles. The van der Waals surface area contributed by atoms with Crippen molar-refractivity contribution in [1.29, 1.82) is 0 Å². The van der Waals surface area contributed by atoms with Gasteiger partial charge in [-0.2, -0.15) is 18.3 Å². The lowest BCUT2D eigenvalue weighted by Crippen LogP contribution is -2.28. The van der Waals surface area contributed by atoms with Gasteiger partial charge < -0.3 is 5.32 Å². The number of carbonyl (C=O) groups excluding carboxylic acids is 1. The van der Waals surface area contributed by atoms with Gasteiger partial charge in [-0.25, -0.2) is 4.68 Å². The fraction of sp³-hybridized carbons (Fsp3) is 0.182. The van der Waals surface area contributed by atoms with Crippen LogP contribution in [0.2, 0.25) is 0 Å². The monoisotopic (exact) mass is 429 g/mol. The summed E-state index contributed by atoms with van der Waals surface area (Å²) in [7, 11) is 0. The quantitative estimate of drug-likeness (QED) is 0.463. The van der Waals surface area contributed by atoms with Crippen molar-refractivity contribution in [1.82, 2.24) is 15.1 Å². The number of hydrogen-bond donors (Lipinski definition) is 1. The lowest BCUT2D eigenvalue weighted by Gasteiger charge is -2.13. The van der Waals surface area contributed by atoms with E-state index in [4.69, 9.17) is 0 Å². The molecule has 0 fully saturated rings. The molecule has 0 radical (unpaired) electrons. The topological polar surface area (TPSA) is 46.9 Å². The lowest BCUT2D eigenvalue weighted by molar-refractivity contribution is -0.143. The first-order valence-electron chi connectivity index (χ1n) is 9.30. The van der Waals surface area contributed by atoms with Crippen LogP contribution in [0.1, 0.15) is 27.2 Å². The summed E-state index contributed by atoms with van der Waals surface area (Å²) in [4.78, 5) is 12.5. The lowest BCUT2D eigenvalue weighted by atomic mass is 10.1. The van der Waals surface area contributed by atoms with Crippen molar-refractivity contribution in [3.63, 3.8) is 0 Å². The number of nitrogens with one attached hydrogen (secondary N) is 1. The number of fused-ring (bicyclic) bond motifs is 1. The largest absolute Gasteiger partial charge is 0.434 e. The van der Waals surface area contributed by atoms with Gasteiger partial charge >= 0.3 is 6.18 Å². The minimum atomic E-state index is -4.72. The van der Waals surface area contributed by atoms with Crippen LogP contribution in [0.3, 0.4) is 0 Å². The number of alkyl halides is 3. The normalized spacial score (nSPS) is 11.7. The predicted octanol–water partition coefficient (Wildman–Crippen LogP) is 5.39. The molecule has 0 spiro atoms. The van der Waals surface area contributed by atoms with Gasteiger partial charge in [0.15, 0.2) is 5.69 Å². The second kappa shape index (κ2) is 7.95. The average molecular weight is 429 g/mol. The van der Waals surface area contributed by atoms with E-state index in [1.807, 2.05) is 36.6 Å². The number of rotatable bonds is 5. The van der Waals surface area contributed by atoms with E-state index >= 15 is 0 Å². The first kappa shape index (κ1) is 20.2. The van der Waals surface area contributed by atoms with Gasteiger partial charge in [-0.3, -0.25) is 4.79 Å². The maximum atomic E-state index is 13.7. The summed E-state index contributed by atoms with van der Waals surface area (Å²) in [6.45, 7) is 2.07. The summed E-state index contributed by atoms with van der Waals surface area (Å²) in [5.41, 5.74) is 0.653. The average Bonchev–Trinajstić information content (AvgIpc) is 3.33. The van der Waals surface area contributed by atoms with Gasteiger partial charge in [0.1, 0.15) is 0 Å². The van der Waals surface area contributed by atoms with Crippen LogP contribution < -0.4 is 5.32 Å². The van der Waals surface area contributed by atoms with E-state index in [2.05, 4.69) is 10.4 Å². The molecule has 0 saturated carbocycles. The van der Waals surface area contributed by atoms with Crippen LogP contribution in [0.5, 0.6) is 0 Å². The molecule has 4 aromatic rings. The van der Waals surface area contributed by atoms with Gasteiger partial charge in [0.25, 0.3) is 5.91 Å². The third kappa shape index (κ3) is 3.95. The molecule has 1 amide bonds. The number of aromatic nitrogens is 2. The van der Waals surface area contributed by atoms with Crippen molar-refractivity contribution in [2.75, 3.05) is 6.54 Å². The fourth-order valence-electron chi connectivity index (χ4n) is 3.30. The molecule has 154 valence electrons. The highest BCUT2D eigenvalue weighted by molar-refractivity contribution is 7.17. The maximum absolute atomic E-state index is 13.7. The van der Waals surface area contributed by atoms with Crippen molar-refractivity contribution >= 4 is 27.3 Å². The summed E-state index contributed by atoms with van der Waals surface area (Å²) in [5, 5.41) is 9.55. The number of amides is 1. The number of benzene rings is 2. The Morgan fingerprint density at radius 3 is 2.60 bits per heavy atom. The number of halogens is 3. The molecular formula is C22H18F3N3OS. The van der Waals surface area contributed by atoms with Crippen molar-refractivity contribution in [3.8, 4) is 5.69 Å². The zero-order chi connectivity index (χ0) is 21.3. The van der Waals surface area contributed by atoms with Crippen LogP contribution in [-0.4, -0.2) is 22.2 Å². The predicted molar refractivity (Wildman–Crippen MR) is 111 cm³/mol. The van der Waals surface area contributed by atoms with Gasteiger partial charge in [-0.1, -0.05) is 35.9 Å². The Morgan fingerprint density at radius 2 is 1.87 bits per heavy atom. The summed E-state index contributed by atoms with van der Waals surface area (Å²) in [5.74, 6) is -0.791. The maximum Gasteiger partial charge on any atom is 0.434 e. The summed E-state index contributed by atoms with van der Waals surface area (Å²) in [6.07, 6.45) is -3.22. The Balaban J connectivity index is 1.54. The fourth-order valence-corrected chi connectivity index (χ4v) is 4.30. The summed E-state index contributed by atoms with van der Waals surface area (Å²) >= 11 is 1.60. The molecule has 0 saturated heterocycles. The van der Waals surface area contributed by atoms with E-state index in [9.17, 15) is 18.0 Å². The van der Waals surface area contributed by atoms with Crippen molar-refractivity contribution < 1.29 is 18.0 Å². The SMILES string of the molecule is Cc1ccc(-n2ncc(C(=O)NCCc3csc4ccccc34)c2C(F)(F)F)cc1. The van der Waals surface area contributed by atoms with E-state index in [1.165, 1.54) is 0 Å². The molecule has 0 aliphatic rings. The highest BCUT2D eigenvalue weighted by Gasteiger charge is 2.40. The molecule has 2 aromatic carbocycles. The minimum absolute atomic E-state index is 0.229. The number of nitrogens with zero attached hydrogens (tertiary/aromatic N) is 2. The summed E-state index contributed by atoms with van der Waals surface area (Å²) in [6, 6.07) is 14.4. The molecule has 0 unspecified atom stereocenters. The van der Waals surface area contributed by atoms with Gasteiger partial charge in [0.2, 0.25) is 0 Å². The molecular weight excluding hydrogens is 411 g/mol. The highest BCUT2D eigenvalue weighted by Crippen LogP contribution is 2.33.